The molecule has 0 saturated carbocycles. The summed E-state index contributed by atoms with van der Waals surface area (Å²) in [6.07, 6.45) is 8.64. The van der Waals surface area contributed by atoms with E-state index in [2.05, 4.69) is 12.2 Å². The number of carbonyl (C=O) groups is 1. The van der Waals surface area contributed by atoms with Crippen molar-refractivity contribution < 1.29 is 9.18 Å². The van der Waals surface area contributed by atoms with Crippen LogP contribution in [0.5, 0.6) is 0 Å². The molecule has 1 amide bonds. The first-order chi connectivity index (χ1) is 9.65. The summed E-state index contributed by atoms with van der Waals surface area (Å²) in [7, 11) is 0. The molecule has 0 aromatic heterocycles. The molecule has 2 nitrogen and oxygen atoms in total. The Balaban J connectivity index is 1.62. The second-order valence-electron chi connectivity index (χ2n) is 5.85. The van der Waals surface area contributed by atoms with Crippen molar-refractivity contribution in [2.45, 2.75) is 51.1 Å². The normalized spacial score (nSPS) is 24.2. The number of fused-ring (bicyclic) bond motifs is 2. The van der Waals surface area contributed by atoms with Gasteiger partial charge in [-0.15, -0.1) is 0 Å². The van der Waals surface area contributed by atoms with E-state index in [4.69, 9.17) is 0 Å². The lowest BCUT2D eigenvalue weighted by Crippen LogP contribution is -2.42. The van der Waals surface area contributed by atoms with E-state index < -0.39 is 0 Å². The summed E-state index contributed by atoms with van der Waals surface area (Å²) >= 11 is 0. The SMILES string of the molecule is Cc1ccc(CCC(=O)N2C3C=CCC2CC3)cc1F. The van der Waals surface area contributed by atoms with Crippen LogP contribution in [0.15, 0.2) is 30.4 Å². The van der Waals surface area contributed by atoms with Crippen LogP contribution in [0.25, 0.3) is 0 Å². The van der Waals surface area contributed by atoms with Gasteiger partial charge in [-0.2, -0.15) is 0 Å². The van der Waals surface area contributed by atoms with Gasteiger partial charge in [-0.25, -0.2) is 4.39 Å². The molecule has 0 aliphatic carbocycles. The largest absolute Gasteiger partial charge is 0.333 e. The molecule has 20 heavy (non-hydrogen) atoms. The van der Waals surface area contributed by atoms with E-state index in [0.29, 0.717) is 30.5 Å². The van der Waals surface area contributed by atoms with Crippen molar-refractivity contribution in [1.29, 1.82) is 0 Å². The van der Waals surface area contributed by atoms with E-state index in [9.17, 15) is 9.18 Å². The van der Waals surface area contributed by atoms with Gasteiger partial charge in [0.2, 0.25) is 5.91 Å². The molecule has 3 rings (SSSR count). The van der Waals surface area contributed by atoms with Crippen molar-refractivity contribution in [2.24, 2.45) is 0 Å². The van der Waals surface area contributed by atoms with Crippen LogP contribution in [0, 0.1) is 12.7 Å². The third-order valence-corrected chi connectivity index (χ3v) is 4.46. The Labute approximate surface area is 119 Å². The molecule has 1 saturated heterocycles. The zero-order chi connectivity index (χ0) is 14.1. The van der Waals surface area contributed by atoms with Crippen molar-refractivity contribution in [1.82, 2.24) is 4.90 Å². The number of halogens is 1. The lowest BCUT2D eigenvalue weighted by atomic mass is 10.0. The first-order valence-electron chi connectivity index (χ1n) is 7.38. The van der Waals surface area contributed by atoms with Gasteiger partial charge < -0.3 is 4.90 Å². The summed E-state index contributed by atoms with van der Waals surface area (Å²) in [5.74, 6) is 0.0266. The van der Waals surface area contributed by atoms with Gasteiger partial charge in [0.1, 0.15) is 5.82 Å². The van der Waals surface area contributed by atoms with E-state index in [-0.39, 0.29) is 11.7 Å². The number of benzene rings is 1. The molecule has 2 bridgehead atoms. The lowest BCUT2D eigenvalue weighted by Gasteiger charge is -2.31. The maximum absolute atomic E-state index is 13.5. The molecule has 1 aromatic rings. The first-order valence-corrected chi connectivity index (χ1v) is 7.38. The molecular weight excluding hydrogens is 253 g/mol. The highest BCUT2D eigenvalue weighted by Gasteiger charge is 2.36. The predicted molar refractivity (Wildman–Crippen MR) is 76.9 cm³/mol. The van der Waals surface area contributed by atoms with Crippen LogP contribution in [0.2, 0.25) is 0 Å². The Kier molecular flexibility index (Phi) is 3.60. The Hall–Kier alpha value is -1.64. The van der Waals surface area contributed by atoms with Crippen molar-refractivity contribution in [3.05, 3.63) is 47.3 Å². The summed E-state index contributed by atoms with van der Waals surface area (Å²) < 4.78 is 13.5. The molecule has 0 N–H and O–H groups in total. The standard InChI is InChI=1S/C17H20FNO/c1-12-5-6-13(11-16(12)18)7-10-17(20)19-14-3-2-4-15(19)9-8-14/h2-3,5-6,11,14-15H,4,7-10H2,1H3. The molecule has 1 aromatic carbocycles. The summed E-state index contributed by atoms with van der Waals surface area (Å²) in [5.41, 5.74) is 1.56. The fraction of sp³-hybridized carbons (Fsp3) is 0.471. The minimum absolute atomic E-state index is 0.184. The summed E-state index contributed by atoms with van der Waals surface area (Å²) in [6, 6.07) is 5.94. The lowest BCUT2D eigenvalue weighted by molar-refractivity contribution is -0.133. The third-order valence-electron chi connectivity index (χ3n) is 4.46. The minimum Gasteiger partial charge on any atom is -0.333 e. The Bertz CT molecular complexity index is 552. The fourth-order valence-electron chi connectivity index (χ4n) is 3.29. The van der Waals surface area contributed by atoms with Crippen LogP contribution in [0.4, 0.5) is 4.39 Å². The van der Waals surface area contributed by atoms with E-state index in [1.807, 2.05) is 11.0 Å². The number of carbonyl (C=O) groups excluding carboxylic acids is 1. The molecule has 2 atom stereocenters. The van der Waals surface area contributed by atoms with Crippen molar-refractivity contribution in [3.8, 4) is 0 Å². The molecule has 2 unspecified atom stereocenters. The van der Waals surface area contributed by atoms with Gasteiger partial charge >= 0.3 is 0 Å². The Morgan fingerprint density at radius 3 is 3.00 bits per heavy atom. The van der Waals surface area contributed by atoms with Crippen LogP contribution in [0.1, 0.15) is 36.8 Å². The molecule has 2 aliphatic rings. The number of hydrogen-bond donors (Lipinski definition) is 0. The van der Waals surface area contributed by atoms with E-state index in [1.54, 1.807) is 19.1 Å². The molecule has 0 radical (unpaired) electrons. The number of nitrogens with zero attached hydrogens (tertiary/aromatic N) is 1. The first kappa shape index (κ1) is 13.3. The molecule has 106 valence electrons. The van der Waals surface area contributed by atoms with E-state index in [1.165, 1.54) is 0 Å². The zero-order valence-corrected chi connectivity index (χ0v) is 11.8. The molecule has 2 aliphatic heterocycles. The van der Waals surface area contributed by atoms with Crippen LogP contribution in [-0.2, 0) is 11.2 Å². The zero-order valence-electron chi connectivity index (χ0n) is 11.8. The van der Waals surface area contributed by atoms with Crippen molar-refractivity contribution in [2.75, 3.05) is 0 Å². The number of hydrogen-bond acceptors (Lipinski definition) is 1. The quantitative estimate of drug-likeness (QED) is 0.773. The van der Waals surface area contributed by atoms with E-state index >= 15 is 0 Å². The molecule has 0 spiro atoms. The van der Waals surface area contributed by atoms with Gasteiger partial charge in [0.25, 0.3) is 0 Å². The Morgan fingerprint density at radius 2 is 2.25 bits per heavy atom. The van der Waals surface area contributed by atoms with Crippen LogP contribution in [-0.4, -0.2) is 22.9 Å². The van der Waals surface area contributed by atoms with Gasteiger partial charge in [-0.05, 0) is 49.8 Å². The number of rotatable bonds is 3. The highest BCUT2D eigenvalue weighted by molar-refractivity contribution is 5.78. The summed E-state index contributed by atoms with van der Waals surface area (Å²) in [6.45, 7) is 1.75. The topological polar surface area (TPSA) is 20.3 Å². The van der Waals surface area contributed by atoms with Gasteiger partial charge in [-0.3, -0.25) is 4.79 Å². The maximum Gasteiger partial charge on any atom is 0.223 e. The average Bonchev–Trinajstić information content (AvgIpc) is 2.69. The second kappa shape index (κ2) is 5.39. The summed E-state index contributed by atoms with van der Waals surface area (Å²) in [4.78, 5) is 14.4. The number of amides is 1. The van der Waals surface area contributed by atoms with Gasteiger partial charge in [0.05, 0.1) is 6.04 Å². The average molecular weight is 273 g/mol. The minimum atomic E-state index is -0.184. The Morgan fingerprint density at radius 1 is 1.40 bits per heavy atom. The van der Waals surface area contributed by atoms with E-state index in [0.717, 1.165) is 24.8 Å². The van der Waals surface area contributed by atoms with Crippen LogP contribution < -0.4 is 0 Å². The highest BCUT2D eigenvalue weighted by Crippen LogP contribution is 2.32. The van der Waals surface area contributed by atoms with Gasteiger partial charge in [0, 0.05) is 12.5 Å². The smallest absolute Gasteiger partial charge is 0.223 e. The maximum atomic E-state index is 13.5. The highest BCUT2D eigenvalue weighted by atomic mass is 19.1. The van der Waals surface area contributed by atoms with Gasteiger partial charge in [-0.1, -0.05) is 24.3 Å². The summed E-state index contributed by atoms with van der Waals surface area (Å²) in [5, 5.41) is 0. The predicted octanol–water partition coefficient (Wildman–Crippen LogP) is 3.39. The number of aryl methyl sites for hydroxylation is 2. The van der Waals surface area contributed by atoms with Crippen molar-refractivity contribution >= 4 is 5.91 Å². The van der Waals surface area contributed by atoms with Crippen molar-refractivity contribution in [3.63, 3.8) is 0 Å². The molecular formula is C17H20FNO. The van der Waals surface area contributed by atoms with Crippen LogP contribution >= 0.6 is 0 Å². The third kappa shape index (κ3) is 2.49. The van der Waals surface area contributed by atoms with Gasteiger partial charge in [0.15, 0.2) is 0 Å². The molecule has 2 heterocycles. The molecule has 3 heteroatoms. The monoisotopic (exact) mass is 273 g/mol. The fourth-order valence-corrected chi connectivity index (χ4v) is 3.29. The molecule has 1 fully saturated rings. The second-order valence-corrected chi connectivity index (χ2v) is 5.85. The van der Waals surface area contributed by atoms with Crippen LogP contribution in [0.3, 0.4) is 0 Å².